The minimum Gasteiger partial charge on any atom is -0.340 e. The quantitative estimate of drug-likeness (QED) is 0.774. The van der Waals surface area contributed by atoms with E-state index in [4.69, 9.17) is 0 Å². The fraction of sp³-hybridized carbons (Fsp3) is 0.500. The Kier molecular flexibility index (Phi) is 4.91. The molecule has 3 saturated heterocycles. The number of rotatable bonds is 3. The Bertz CT molecular complexity index is 855. The summed E-state index contributed by atoms with van der Waals surface area (Å²) in [5.41, 5.74) is 3.10. The standard InChI is InChI=1S/C20H23N3O4S/c1-12-3-4-15(7-13(12)2)22-9-14(8-17(22)24)19(26)21-6-5-16(10-21)23-18(25)11-28-20(23)27/h3-4,7,14,16H,5-6,8-11H2,1-2H3. The number of anilines is 1. The molecule has 28 heavy (non-hydrogen) atoms. The summed E-state index contributed by atoms with van der Waals surface area (Å²) in [6.45, 7) is 5.28. The predicted octanol–water partition coefficient (Wildman–Crippen LogP) is 1.95. The van der Waals surface area contributed by atoms with E-state index in [-0.39, 0.29) is 47.1 Å². The van der Waals surface area contributed by atoms with Crippen LogP contribution >= 0.6 is 11.8 Å². The van der Waals surface area contributed by atoms with Crippen molar-refractivity contribution in [1.82, 2.24) is 9.80 Å². The third-order valence-electron chi connectivity index (χ3n) is 5.90. The molecule has 3 heterocycles. The third-order valence-corrected chi connectivity index (χ3v) is 6.74. The lowest BCUT2D eigenvalue weighted by atomic mass is 10.1. The van der Waals surface area contributed by atoms with Crippen molar-refractivity contribution < 1.29 is 19.2 Å². The smallest absolute Gasteiger partial charge is 0.289 e. The first-order valence-electron chi connectivity index (χ1n) is 9.50. The number of carbonyl (C=O) groups excluding carboxylic acids is 4. The Morgan fingerprint density at radius 2 is 1.86 bits per heavy atom. The van der Waals surface area contributed by atoms with Gasteiger partial charge in [0, 0.05) is 31.7 Å². The first-order valence-corrected chi connectivity index (χ1v) is 10.5. The van der Waals surface area contributed by atoms with Gasteiger partial charge in [-0.3, -0.25) is 24.1 Å². The number of benzene rings is 1. The van der Waals surface area contributed by atoms with Gasteiger partial charge in [-0.1, -0.05) is 17.8 Å². The Morgan fingerprint density at radius 3 is 2.54 bits per heavy atom. The van der Waals surface area contributed by atoms with Gasteiger partial charge in [-0.05, 0) is 43.5 Å². The molecule has 8 heteroatoms. The molecule has 2 atom stereocenters. The van der Waals surface area contributed by atoms with Crippen LogP contribution in [0.2, 0.25) is 0 Å². The fourth-order valence-electron chi connectivity index (χ4n) is 4.14. The average molecular weight is 401 g/mol. The van der Waals surface area contributed by atoms with Gasteiger partial charge in [-0.2, -0.15) is 0 Å². The van der Waals surface area contributed by atoms with E-state index in [9.17, 15) is 19.2 Å². The average Bonchev–Trinajstić information content (AvgIpc) is 3.36. The van der Waals surface area contributed by atoms with E-state index in [1.165, 1.54) is 4.90 Å². The number of thioether (sulfide) groups is 1. The molecule has 0 spiro atoms. The van der Waals surface area contributed by atoms with Crippen molar-refractivity contribution in [2.45, 2.75) is 32.7 Å². The number of amides is 4. The summed E-state index contributed by atoms with van der Waals surface area (Å²) in [5.74, 6) is -0.475. The summed E-state index contributed by atoms with van der Waals surface area (Å²) in [6.07, 6.45) is 0.801. The van der Waals surface area contributed by atoms with Crippen molar-refractivity contribution in [2.75, 3.05) is 30.3 Å². The first kappa shape index (κ1) is 19.0. The number of hydrogen-bond donors (Lipinski definition) is 0. The normalized spacial score (nSPS) is 25.4. The van der Waals surface area contributed by atoms with Crippen LogP contribution in [-0.4, -0.2) is 64.2 Å². The van der Waals surface area contributed by atoms with Crippen molar-refractivity contribution in [3.05, 3.63) is 29.3 Å². The molecule has 1 aromatic carbocycles. The molecule has 0 bridgehead atoms. The van der Waals surface area contributed by atoms with Crippen LogP contribution in [0.15, 0.2) is 18.2 Å². The number of aryl methyl sites for hydroxylation is 2. The first-order chi connectivity index (χ1) is 13.3. The lowest BCUT2D eigenvalue weighted by molar-refractivity contribution is -0.135. The zero-order valence-electron chi connectivity index (χ0n) is 16.0. The number of carbonyl (C=O) groups is 4. The molecule has 3 aliphatic heterocycles. The highest BCUT2D eigenvalue weighted by molar-refractivity contribution is 8.14. The Balaban J connectivity index is 1.42. The van der Waals surface area contributed by atoms with Crippen LogP contribution in [0.5, 0.6) is 0 Å². The molecule has 2 unspecified atom stereocenters. The van der Waals surface area contributed by atoms with Gasteiger partial charge < -0.3 is 9.80 Å². The monoisotopic (exact) mass is 401 g/mol. The second-order valence-corrected chi connectivity index (χ2v) is 8.65. The van der Waals surface area contributed by atoms with Gasteiger partial charge in [0.25, 0.3) is 5.24 Å². The number of hydrogen-bond acceptors (Lipinski definition) is 5. The summed E-state index contributed by atoms with van der Waals surface area (Å²) in [6, 6.07) is 5.64. The Morgan fingerprint density at radius 1 is 1.07 bits per heavy atom. The maximum Gasteiger partial charge on any atom is 0.289 e. The van der Waals surface area contributed by atoms with Crippen LogP contribution in [0.3, 0.4) is 0 Å². The molecule has 4 amide bonds. The topological polar surface area (TPSA) is 78.0 Å². The van der Waals surface area contributed by atoms with E-state index in [1.54, 1.807) is 9.80 Å². The molecule has 0 N–H and O–H groups in total. The molecule has 148 valence electrons. The van der Waals surface area contributed by atoms with Gasteiger partial charge >= 0.3 is 0 Å². The lowest BCUT2D eigenvalue weighted by Crippen LogP contribution is -2.43. The van der Waals surface area contributed by atoms with Gasteiger partial charge in [0.1, 0.15) is 0 Å². The third kappa shape index (κ3) is 3.30. The van der Waals surface area contributed by atoms with Crippen LogP contribution in [0, 0.1) is 19.8 Å². The molecule has 3 fully saturated rings. The summed E-state index contributed by atoms with van der Waals surface area (Å²) in [7, 11) is 0. The van der Waals surface area contributed by atoms with E-state index in [0.29, 0.717) is 26.1 Å². The molecule has 0 radical (unpaired) electrons. The summed E-state index contributed by atoms with van der Waals surface area (Å²) in [5, 5.41) is -0.221. The zero-order chi connectivity index (χ0) is 20.0. The maximum absolute atomic E-state index is 13.0. The van der Waals surface area contributed by atoms with Crippen LogP contribution < -0.4 is 4.90 Å². The van der Waals surface area contributed by atoms with E-state index in [2.05, 4.69) is 0 Å². The minimum atomic E-state index is -0.382. The maximum atomic E-state index is 13.0. The molecule has 7 nitrogen and oxygen atoms in total. The lowest BCUT2D eigenvalue weighted by Gasteiger charge is -2.23. The highest BCUT2D eigenvalue weighted by Gasteiger charge is 2.43. The molecule has 0 aromatic heterocycles. The number of nitrogens with zero attached hydrogens (tertiary/aromatic N) is 3. The highest BCUT2D eigenvalue weighted by atomic mass is 32.2. The second kappa shape index (κ2) is 7.24. The number of imide groups is 1. The Hall–Kier alpha value is -2.35. The molecular formula is C20H23N3O4S. The van der Waals surface area contributed by atoms with Crippen LogP contribution in [-0.2, 0) is 14.4 Å². The van der Waals surface area contributed by atoms with Crippen molar-refractivity contribution in [3.63, 3.8) is 0 Å². The minimum absolute atomic E-state index is 0.0429. The molecule has 3 aliphatic rings. The summed E-state index contributed by atoms with van der Waals surface area (Å²) >= 11 is 1.02. The van der Waals surface area contributed by atoms with Crippen molar-refractivity contribution >= 4 is 40.4 Å². The largest absolute Gasteiger partial charge is 0.340 e. The molecule has 0 saturated carbocycles. The molecule has 0 aliphatic carbocycles. The zero-order valence-corrected chi connectivity index (χ0v) is 16.8. The Labute approximate surface area is 168 Å². The van der Waals surface area contributed by atoms with Gasteiger partial charge in [-0.25, -0.2) is 0 Å². The van der Waals surface area contributed by atoms with E-state index < -0.39 is 0 Å². The van der Waals surface area contributed by atoms with Crippen molar-refractivity contribution in [1.29, 1.82) is 0 Å². The van der Waals surface area contributed by atoms with Gasteiger partial charge in [0.2, 0.25) is 17.7 Å². The van der Waals surface area contributed by atoms with Gasteiger partial charge in [0.15, 0.2) is 0 Å². The number of likely N-dealkylation sites (tertiary alicyclic amines) is 1. The van der Waals surface area contributed by atoms with Crippen molar-refractivity contribution in [3.8, 4) is 0 Å². The van der Waals surface area contributed by atoms with Crippen LogP contribution in [0.1, 0.15) is 24.0 Å². The molecular weight excluding hydrogens is 378 g/mol. The predicted molar refractivity (Wildman–Crippen MR) is 106 cm³/mol. The summed E-state index contributed by atoms with van der Waals surface area (Å²) < 4.78 is 0. The second-order valence-electron chi connectivity index (χ2n) is 7.72. The van der Waals surface area contributed by atoms with Crippen LogP contribution in [0.4, 0.5) is 10.5 Å². The van der Waals surface area contributed by atoms with Gasteiger partial charge in [-0.15, -0.1) is 0 Å². The highest BCUT2D eigenvalue weighted by Crippen LogP contribution is 2.30. The van der Waals surface area contributed by atoms with E-state index in [1.807, 2.05) is 32.0 Å². The molecule has 4 rings (SSSR count). The fourth-order valence-corrected chi connectivity index (χ4v) is 4.92. The molecule has 1 aromatic rings. The van der Waals surface area contributed by atoms with E-state index >= 15 is 0 Å². The van der Waals surface area contributed by atoms with Crippen LogP contribution in [0.25, 0.3) is 0 Å². The summed E-state index contributed by atoms with van der Waals surface area (Å²) in [4.78, 5) is 54.0. The van der Waals surface area contributed by atoms with Crippen molar-refractivity contribution in [2.24, 2.45) is 5.92 Å². The van der Waals surface area contributed by atoms with Gasteiger partial charge in [0.05, 0.1) is 17.7 Å². The van der Waals surface area contributed by atoms with E-state index in [0.717, 1.165) is 28.6 Å². The SMILES string of the molecule is Cc1ccc(N2CC(C(=O)N3CCC(N4C(=O)CSC4=O)C3)CC2=O)cc1C.